The maximum absolute atomic E-state index is 12.9. The standard InChI is InChI=1S/2C20H19N5O2.C20H19N5O.C17H15N5OS.C16H12FN5OS/c1-13-3-5-14(6-4-13)19-23-20-22-16(11-18(26)25(20)24-19)12-21-15-7-9-17(27-2)10-8-15;1-13-5-3-4-6-17(13)21-12-15-11-18(26)25-20(22-15)23-19(24-25)14-7-9-16(27-2)10-8-14;1-13-8-9-16(10-14(13)2)21-12-17-11-18(26)25-20(22-17)23-19(24-25)15-6-4-3-5-7-15;1-11-4-2-5-12(8-11)18-10-13-9-15(23)22-17(19-13)20-16(21-22)14-6-3-7-24-14;17-10-3-5-11(6-4-10)18-9-12-8-14(23)22-16(19-12)20-15(21-22)13-2-1-7-24-13/h2*3-11,21H,12H2,1-2H3,(H,22,23,24);3-11,21H,12H2,1-2H3,(H,22,23,24);2-9,18H,10H2,1H3,(H,19,20,21);1-8,18H,9H2,(H,19,20,21). The molecular weight excluding hydrogens is 1660 g/mol. The second kappa shape index (κ2) is 38.9. The number of ether oxygens (including phenoxy) is 2. The predicted octanol–water partition coefficient (Wildman–Crippen LogP) is 15.3. The van der Waals surface area contributed by atoms with Crippen LogP contribution >= 0.6 is 22.7 Å². The first-order valence-electron chi connectivity index (χ1n) is 40.3. The molecule has 20 aromatic rings. The van der Waals surface area contributed by atoms with Crippen molar-refractivity contribution in [1.82, 2.24) is 97.9 Å². The summed E-state index contributed by atoms with van der Waals surface area (Å²) in [7, 11) is 3.25. The van der Waals surface area contributed by atoms with Crippen molar-refractivity contribution in [2.24, 2.45) is 0 Å². The van der Waals surface area contributed by atoms with Crippen molar-refractivity contribution in [1.29, 1.82) is 0 Å². The topological polar surface area (TPSA) is 394 Å². The molecule has 0 saturated heterocycles. The molecule has 0 unspecified atom stereocenters. The maximum Gasteiger partial charge on any atom is 0.274 e. The lowest BCUT2D eigenvalue weighted by Crippen LogP contribution is -2.17. The highest BCUT2D eigenvalue weighted by Gasteiger charge is 2.18. The van der Waals surface area contributed by atoms with E-state index in [1.165, 1.54) is 93.1 Å². The molecule has 0 bridgehead atoms. The fraction of sp³-hybridized carbons (Fsp3) is 0.129. The first-order chi connectivity index (χ1) is 62.2. The van der Waals surface area contributed by atoms with Gasteiger partial charge in [0, 0.05) is 75.5 Å². The fourth-order valence-electron chi connectivity index (χ4n) is 13.2. The van der Waals surface area contributed by atoms with Crippen LogP contribution in [0.2, 0.25) is 0 Å². The average molecular weight is 1750 g/mol. The van der Waals surface area contributed by atoms with E-state index < -0.39 is 0 Å². The number of hydrogen-bond donors (Lipinski definition) is 10. The SMILES string of the molecule is COc1ccc(-c2nc3nc(CNc4ccccc4C)cc(=O)n3[nH]2)cc1.COc1ccc(NCc2cc(=O)n3[nH]c(-c4ccc(C)cc4)nc3n2)cc1.Cc1ccc(NCc2cc(=O)n3[nH]c(-c4ccccc4)nc3n2)cc1C.Cc1cccc(NCc2cc(=O)n3[nH]c(-c4cccs4)nc3n2)c1.O=c1cc(CNc2ccc(F)cc2)nc2nc(-c3cccs3)[nH]n12. The molecule has 0 saturated carbocycles. The molecule has 0 aliphatic carbocycles. The van der Waals surface area contributed by atoms with Gasteiger partial charge >= 0.3 is 0 Å². The molecule has 128 heavy (non-hydrogen) atoms. The summed E-state index contributed by atoms with van der Waals surface area (Å²) in [6.45, 7) is 12.4. The first-order valence-corrected chi connectivity index (χ1v) is 42.1. The zero-order valence-electron chi connectivity index (χ0n) is 70.1. The van der Waals surface area contributed by atoms with Crippen molar-refractivity contribution in [3.8, 4) is 67.1 Å². The van der Waals surface area contributed by atoms with Gasteiger partial charge in [-0.25, -0.2) is 29.3 Å². The number of nitrogens with zero attached hydrogens (tertiary/aromatic N) is 15. The van der Waals surface area contributed by atoms with Crippen LogP contribution in [-0.4, -0.2) is 112 Å². The second-order valence-electron chi connectivity index (χ2n) is 29.4. The van der Waals surface area contributed by atoms with Crippen molar-refractivity contribution in [3.05, 3.63) is 373 Å². The number of benzene rings is 8. The number of para-hydroxylation sites is 1. The highest BCUT2D eigenvalue weighted by Crippen LogP contribution is 2.27. The third kappa shape index (κ3) is 20.9. The summed E-state index contributed by atoms with van der Waals surface area (Å²) in [6.07, 6.45) is 0. The second-order valence-corrected chi connectivity index (χ2v) is 31.3. The summed E-state index contributed by atoms with van der Waals surface area (Å²) >= 11 is 3.09. The Bertz CT molecular complexity index is 7570. The summed E-state index contributed by atoms with van der Waals surface area (Å²) in [5.74, 6) is 6.09. The molecule has 10 N–H and O–H groups in total. The molecule has 0 fully saturated rings. The molecule has 12 aromatic heterocycles. The number of rotatable bonds is 22. The van der Waals surface area contributed by atoms with Gasteiger partial charge in [-0.1, -0.05) is 109 Å². The highest BCUT2D eigenvalue weighted by atomic mass is 32.1. The molecular formula is C93H84FN25O7S2. The number of aryl methyl sites for hydroxylation is 5. The van der Waals surface area contributed by atoms with Crippen molar-refractivity contribution < 1.29 is 13.9 Å². The molecule has 0 radical (unpaired) electrons. The van der Waals surface area contributed by atoms with Crippen LogP contribution in [0.1, 0.15) is 56.3 Å². The van der Waals surface area contributed by atoms with Crippen LogP contribution < -0.4 is 63.9 Å². The van der Waals surface area contributed by atoms with Crippen molar-refractivity contribution in [3.63, 3.8) is 0 Å². The molecule has 0 atom stereocenters. The fourth-order valence-corrected chi connectivity index (χ4v) is 14.5. The molecule has 0 aliphatic rings. The number of anilines is 5. The Morgan fingerprint density at radius 1 is 0.305 bits per heavy atom. The molecule has 32 nitrogen and oxygen atoms in total. The Morgan fingerprint density at radius 3 is 1.07 bits per heavy atom. The Labute approximate surface area is 736 Å². The van der Waals surface area contributed by atoms with E-state index in [2.05, 4.69) is 134 Å². The molecule has 12 heterocycles. The normalized spacial score (nSPS) is 11.0. The Kier molecular flexibility index (Phi) is 25.8. The largest absolute Gasteiger partial charge is 0.497 e. The van der Waals surface area contributed by atoms with Crippen LogP contribution in [0, 0.1) is 40.4 Å². The molecule has 35 heteroatoms. The van der Waals surface area contributed by atoms with Crippen molar-refractivity contribution in [2.45, 2.75) is 67.3 Å². The van der Waals surface area contributed by atoms with E-state index in [1.54, 1.807) is 37.7 Å². The minimum absolute atomic E-state index is 0.170. The Hall–Kier alpha value is -16.6. The molecule has 0 spiro atoms. The molecule has 20 rings (SSSR count). The zero-order valence-corrected chi connectivity index (χ0v) is 71.8. The first kappa shape index (κ1) is 85.0. The van der Waals surface area contributed by atoms with Crippen molar-refractivity contribution in [2.75, 3.05) is 40.8 Å². The summed E-state index contributed by atoms with van der Waals surface area (Å²) in [6, 6.07) is 76.1. The van der Waals surface area contributed by atoms with Crippen LogP contribution in [0.25, 0.3) is 84.5 Å². The van der Waals surface area contributed by atoms with Gasteiger partial charge in [0.25, 0.3) is 56.7 Å². The molecule has 642 valence electrons. The van der Waals surface area contributed by atoms with Crippen LogP contribution in [0.3, 0.4) is 0 Å². The average Bonchev–Trinajstić information content (AvgIpc) is 1.67. The lowest BCUT2D eigenvalue weighted by atomic mass is 10.1. The minimum atomic E-state index is -0.295. The van der Waals surface area contributed by atoms with Gasteiger partial charge in [0.2, 0.25) is 0 Å². The zero-order chi connectivity index (χ0) is 88.7. The predicted molar refractivity (Wildman–Crippen MR) is 497 cm³/mol. The van der Waals surface area contributed by atoms with Crippen LogP contribution in [0.4, 0.5) is 32.8 Å². The van der Waals surface area contributed by atoms with Gasteiger partial charge in [-0.3, -0.25) is 49.5 Å². The van der Waals surface area contributed by atoms with Gasteiger partial charge in [-0.15, -0.1) is 22.7 Å². The quantitative estimate of drug-likeness (QED) is 0.0301. The molecule has 0 aliphatic heterocycles. The van der Waals surface area contributed by atoms with Gasteiger partial charge in [0.1, 0.15) is 17.3 Å². The monoisotopic (exact) mass is 1750 g/mol. The van der Waals surface area contributed by atoms with E-state index in [0.717, 1.165) is 77.5 Å². The lowest BCUT2D eigenvalue weighted by Gasteiger charge is -2.08. The van der Waals surface area contributed by atoms with Crippen molar-refractivity contribution >= 4 is 80.0 Å². The summed E-state index contributed by atoms with van der Waals surface area (Å²) in [4.78, 5) is 108. The summed E-state index contributed by atoms with van der Waals surface area (Å²) < 4.78 is 30.0. The smallest absolute Gasteiger partial charge is 0.274 e. The summed E-state index contributed by atoms with van der Waals surface area (Å²) in [5.41, 5.74) is 15.4. The third-order valence-corrected chi connectivity index (χ3v) is 21.9. The van der Waals surface area contributed by atoms with E-state index in [4.69, 9.17) is 9.47 Å². The number of fused-ring (bicyclic) bond motifs is 5. The van der Waals surface area contributed by atoms with E-state index in [-0.39, 0.29) is 33.6 Å². The Morgan fingerprint density at radius 2 is 0.664 bits per heavy atom. The van der Waals surface area contributed by atoms with E-state index in [1.807, 2.05) is 207 Å². The summed E-state index contributed by atoms with van der Waals surface area (Å²) in [5, 5.41) is 35.1. The van der Waals surface area contributed by atoms with E-state index >= 15 is 0 Å². The number of methoxy groups -OCH3 is 2. The maximum atomic E-state index is 12.9. The third-order valence-electron chi connectivity index (χ3n) is 20.1. The highest BCUT2D eigenvalue weighted by molar-refractivity contribution is 7.13. The number of halogens is 1. The van der Waals surface area contributed by atoms with E-state index in [9.17, 15) is 28.4 Å². The van der Waals surface area contributed by atoms with Gasteiger partial charge in [-0.2, -0.15) is 47.5 Å². The number of hydrogen-bond acceptors (Lipinski definition) is 24. The van der Waals surface area contributed by atoms with Crippen LogP contribution in [-0.2, 0) is 32.7 Å². The number of nitrogens with one attached hydrogen (secondary N) is 10. The number of thiophene rings is 2. The van der Waals surface area contributed by atoms with Crippen LogP contribution in [0.15, 0.2) is 283 Å². The number of aromatic nitrogens is 20. The van der Waals surface area contributed by atoms with Crippen LogP contribution in [0.5, 0.6) is 11.5 Å². The van der Waals surface area contributed by atoms with E-state index in [0.29, 0.717) is 119 Å². The number of H-pyrrole nitrogens is 5. The molecule has 0 amide bonds. The van der Waals surface area contributed by atoms with Gasteiger partial charge in [0.05, 0.1) is 85.2 Å². The molecule has 8 aromatic carbocycles. The Balaban J connectivity index is 0.000000118. The van der Waals surface area contributed by atoms with Gasteiger partial charge in [0.15, 0.2) is 29.1 Å². The lowest BCUT2D eigenvalue weighted by molar-refractivity contribution is 0.415. The number of aromatic amines is 5. The minimum Gasteiger partial charge on any atom is -0.497 e. The van der Waals surface area contributed by atoms with Gasteiger partial charge < -0.3 is 36.1 Å². The van der Waals surface area contributed by atoms with Gasteiger partial charge in [-0.05, 0) is 183 Å².